The predicted octanol–water partition coefficient (Wildman–Crippen LogP) is 14.5. The highest BCUT2D eigenvalue weighted by atomic mass is 16.3. The van der Waals surface area contributed by atoms with Crippen molar-refractivity contribution in [3.05, 3.63) is 211 Å². The van der Waals surface area contributed by atoms with Crippen LogP contribution in [0.4, 0.5) is 0 Å². The molecule has 1 aliphatic rings. The summed E-state index contributed by atoms with van der Waals surface area (Å²) in [5, 5.41) is 9.31. The third-order valence-corrected chi connectivity index (χ3v) is 11.4. The Balaban J connectivity index is 1.13. The Morgan fingerprint density at radius 1 is 0.404 bits per heavy atom. The van der Waals surface area contributed by atoms with Crippen molar-refractivity contribution in [1.29, 1.82) is 0 Å². The van der Waals surface area contributed by atoms with Gasteiger partial charge < -0.3 is 4.42 Å². The summed E-state index contributed by atoms with van der Waals surface area (Å²) in [6.45, 7) is 0. The van der Waals surface area contributed by atoms with Crippen molar-refractivity contribution in [3.8, 4) is 22.3 Å². The fourth-order valence-electron chi connectivity index (χ4n) is 8.66. The van der Waals surface area contributed by atoms with Crippen molar-refractivity contribution in [2.75, 3.05) is 0 Å². The first kappa shape index (κ1) is 33.0. The lowest BCUT2D eigenvalue weighted by atomic mass is 9.89. The molecule has 0 amide bonds. The standard InChI is InChI=1S/C54H36N2O/c1-3-16-36(17-4-1)49-27-14-28-50(56-54(55-49)37-18-5-2-6-19-37)45-30-29-44(42-24-11-12-25-43(42)45)46-31-32-47(41-26-13-22-35-15-9-10-23-40(35)41)53-52(46)48-33-38-20-7-8-21-39(38)34-51(48)57-53/h1-13,15-26,28-34H,14,27H2. The maximum Gasteiger partial charge on any atom is 0.160 e. The SMILES string of the molecule is C1=C(c2ccc(-c3ccc(-c4cccc5ccccc45)c4oc5cc6ccccc6cc5c34)c3ccccc23)N=C(c2ccccc2)N=C(c2ccccc2)CC1. The van der Waals surface area contributed by atoms with E-state index in [0.717, 1.165) is 107 Å². The molecular weight excluding hydrogens is 693 g/mol. The van der Waals surface area contributed by atoms with Gasteiger partial charge in [-0.05, 0) is 85.6 Å². The van der Waals surface area contributed by atoms with Crippen LogP contribution in [0.3, 0.4) is 0 Å². The molecule has 0 atom stereocenters. The van der Waals surface area contributed by atoms with Crippen LogP contribution >= 0.6 is 0 Å². The molecule has 0 radical (unpaired) electrons. The van der Waals surface area contributed by atoms with Crippen LogP contribution in [0.1, 0.15) is 29.5 Å². The summed E-state index contributed by atoms with van der Waals surface area (Å²) in [6, 6.07) is 66.8. The summed E-state index contributed by atoms with van der Waals surface area (Å²) in [5.74, 6) is 0.719. The van der Waals surface area contributed by atoms with Gasteiger partial charge in [0.05, 0.1) is 11.4 Å². The van der Waals surface area contributed by atoms with Gasteiger partial charge in [-0.1, -0.05) is 176 Å². The largest absolute Gasteiger partial charge is 0.455 e. The average Bonchev–Trinajstić information content (AvgIpc) is 3.64. The minimum atomic E-state index is 0.719. The van der Waals surface area contributed by atoms with E-state index in [9.17, 15) is 0 Å². The Morgan fingerprint density at radius 2 is 0.982 bits per heavy atom. The molecule has 268 valence electrons. The zero-order chi connectivity index (χ0) is 37.7. The zero-order valence-corrected chi connectivity index (χ0v) is 31.2. The fourth-order valence-corrected chi connectivity index (χ4v) is 8.66. The summed E-state index contributed by atoms with van der Waals surface area (Å²) in [6.07, 6.45) is 3.93. The summed E-state index contributed by atoms with van der Waals surface area (Å²) in [7, 11) is 0. The Hall–Kier alpha value is -7.36. The van der Waals surface area contributed by atoms with Crippen molar-refractivity contribution < 1.29 is 4.42 Å². The van der Waals surface area contributed by atoms with Gasteiger partial charge in [0.25, 0.3) is 0 Å². The third kappa shape index (κ3) is 5.75. The molecule has 0 N–H and O–H groups in total. The number of fused-ring (bicyclic) bond motifs is 6. The van der Waals surface area contributed by atoms with Crippen LogP contribution in [0.5, 0.6) is 0 Å². The average molecular weight is 729 g/mol. The lowest BCUT2D eigenvalue weighted by Crippen LogP contribution is -2.09. The van der Waals surface area contributed by atoms with E-state index in [1.807, 2.05) is 12.1 Å². The summed E-state index contributed by atoms with van der Waals surface area (Å²) < 4.78 is 6.97. The minimum absolute atomic E-state index is 0.719. The van der Waals surface area contributed by atoms with Gasteiger partial charge in [-0.15, -0.1) is 0 Å². The Morgan fingerprint density at radius 3 is 1.77 bits per heavy atom. The van der Waals surface area contributed by atoms with Gasteiger partial charge in [-0.3, -0.25) is 0 Å². The van der Waals surface area contributed by atoms with Crippen LogP contribution in [0.25, 0.3) is 82.2 Å². The first-order chi connectivity index (χ1) is 28.3. The van der Waals surface area contributed by atoms with Crippen LogP contribution in [0.2, 0.25) is 0 Å². The van der Waals surface area contributed by atoms with Gasteiger partial charge >= 0.3 is 0 Å². The molecule has 3 nitrogen and oxygen atoms in total. The van der Waals surface area contributed by atoms with Gasteiger partial charge in [0.2, 0.25) is 0 Å². The highest BCUT2D eigenvalue weighted by Gasteiger charge is 2.22. The maximum atomic E-state index is 6.97. The Bertz CT molecular complexity index is 3270. The minimum Gasteiger partial charge on any atom is -0.455 e. The van der Waals surface area contributed by atoms with Crippen molar-refractivity contribution in [2.45, 2.75) is 12.8 Å². The summed E-state index contributed by atoms with van der Waals surface area (Å²) in [5.41, 5.74) is 11.5. The number of rotatable bonds is 5. The van der Waals surface area contributed by atoms with Crippen LogP contribution in [0.15, 0.2) is 209 Å². The van der Waals surface area contributed by atoms with E-state index in [2.05, 4.69) is 182 Å². The van der Waals surface area contributed by atoms with Crippen LogP contribution < -0.4 is 0 Å². The molecule has 11 rings (SSSR count). The molecule has 0 fully saturated rings. The highest BCUT2D eigenvalue weighted by Crippen LogP contribution is 2.46. The van der Waals surface area contributed by atoms with Crippen LogP contribution in [-0.2, 0) is 0 Å². The molecule has 10 aromatic rings. The first-order valence-corrected chi connectivity index (χ1v) is 19.6. The number of furan rings is 1. The summed E-state index contributed by atoms with van der Waals surface area (Å²) >= 11 is 0. The number of hydrogen-bond donors (Lipinski definition) is 0. The monoisotopic (exact) mass is 728 g/mol. The van der Waals surface area contributed by atoms with Crippen molar-refractivity contribution in [1.82, 2.24) is 0 Å². The molecule has 0 saturated heterocycles. The highest BCUT2D eigenvalue weighted by molar-refractivity contribution is 6.22. The zero-order valence-electron chi connectivity index (χ0n) is 31.2. The molecule has 1 aliphatic heterocycles. The molecule has 2 heterocycles. The molecule has 0 saturated carbocycles. The smallest absolute Gasteiger partial charge is 0.160 e. The van der Waals surface area contributed by atoms with E-state index >= 15 is 0 Å². The summed E-state index contributed by atoms with van der Waals surface area (Å²) in [4.78, 5) is 10.6. The molecule has 0 spiro atoms. The van der Waals surface area contributed by atoms with Gasteiger partial charge in [0, 0.05) is 27.5 Å². The van der Waals surface area contributed by atoms with E-state index in [0.29, 0.717) is 0 Å². The number of aliphatic imine (C=N–C) groups is 2. The van der Waals surface area contributed by atoms with Gasteiger partial charge in [0.1, 0.15) is 11.2 Å². The molecule has 0 bridgehead atoms. The second kappa shape index (κ2) is 13.7. The second-order valence-corrected chi connectivity index (χ2v) is 14.7. The maximum absolute atomic E-state index is 6.97. The van der Waals surface area contributed by atoms with E-state index in [4.69, 9.17) is 14.4 Å². The lowest BCUT2D eigenvalue weighted by Gasteiger charge is -2.17. The fraction of sp³-hybridized carbons (Fsp3) is 0.0370. The third-order valence-electron chi connectivity index (χ3n) is 11.4. The molecule has 57 heavy (non-hydrogen) atoms. The molecule has 0 unspecified atom stereocenters. The number of allylic oxidation sites excluding steroid dienone is 1. The van der Waals surface area contributed by atoms with Crippen LogP contribution in [0, 0.1) is 0 Å². The van der Waals surface area contributed by atoms with Crippen molar-refractivity contribution >= 4 is 71.5 Å². The van der Waals surface area contributed by atoms with E-state index in [-0.39, 0.29) is 0 Å². The number of benzene rings is 9. The predicted molar refractivity (Wildman–Crippen MR) is 240 cm³/mol. The Labute approximate surface area is 330 Å². The normalized spacial score (nSPS) is 13.4. The lowest BCUT2D eigenvalue weighted by molar-refractivity contribution is 0.670. The van der Waals surface area contributed by atoms with E-state index < -0.39 is 0 Å². The number of nitrogens with zero attached hydrogens (tertiary/aromatic N) is 2. The topological polar surface area (TPSA) is 37.9 Å². The molecular formula is C54H36N2O. The van der Waals surface area contributed by atoms with E-state index in [1.165, 1.54) is 16.2 Å². The Kier molecular flexibility index (Phi) is 7.96. The molecule has 1 aromatic heterocycles. The number of hydrogen-bond acceptors (Lipinski definition) is 3. The van der Waals surface area contributed by atoms with Gasteiger partial charge in [0.15, 0.2) is 5.84 Å². The van der Waals surface area contributed by atoms with Crippen LogP contribution in [-0.4, -0.2) is 11.5 Å². The van der Waals surface area contributed by atoms with Crippen molar-refractivity contribution in [2.24, 2.45) is 9.98 Å². The van der Waals surface area contributed by atoms with Gasteiger partial charge in [-0.2, -0.15) is 0 Å². The quantitative estimate of drug-likeness (QED) is 0.174. The van der Waals surface area contributed by atoms with Gasteiger partial charge in [-0.25, -0.2) is 9.98 Å². The molecule has 0 aliphatic carbocycles. The van der Waals surface area contributed by atoms with Crippen molar-refractivity contribution in [3.63, 3.8) is 0 Å². The number of amidine groups is 1. The second-order valence-electron chi connectivity index (χ2n) is 14.7. The molecule has 3 heteroatoms. The molecule has 9 aromatic carbocycles. The first-order valence-electron chi connectivity index (χ1n) is 19.6. The van der Waals surface area contributed by atoms with E-state index in [1.54, 1.807) is 0 Å².